The molecule has 0 saturated carbocycles. The van der Waals surface area contributed by atoms with Gasteiger partial charge in [-0.15, -0.1) is 0 Å². The first-order valence-corrected chi connectivity index (χ1v) is 7.98. The molecule has 1 aliphatic rings. The third-order valence-corrected chi connectivity index (χ3v) is 4.15. The molecule has 2 aromatic heterocycles. The van der Waals surface area contributed by atoms with Crippen LogP contribution < -0.4 is 10.6 Å². The molecule has 24 heavy (non-hydrogen) atoms. The lowest BCUT2D eigenvalue weighted by Crippen LogP contribution is -2.49. The monoisotopic (exact) mass is 332 g/mol. The lowest BCUT2D eigenvalue weighted by molar-refractivity contribution is -0.130. The first-order chi connectivity index (χ1) is 11.5. The third-order valence-electron chi connectivity index (χ3n) is 4.15. The Balaban J connectivity index is 0.000000175. The Kier molecular flexibility index (Phi) is 6.11. The van der Waals surface area contributed by atoms with Crippen molar-refractivity contribution in [3.8, 4) is 0 Å². The maximum absolute atomic E-state index is 11.0. The Morgan fingerprint density at radius 3 is 2.92 bits per heavy atom. The number of carbonyl (C=O) groups is 2. The van der Waals surface area contributed by atoms with Crippen LogP contribution in [0, 0.1) is 5.92 Å². The zero-order chi connectivity index (χ0) is 17.5. The van der Waals surface area contributed by atoms with Crippen molar-refractivity contribution in [2.45, 2.75) is 26.3 Å². The largest absolute Gasteiger partial charge is 0.372 e. The van der Waals surface area contributed by atoms with E-state index < -0.39 is 0 Å². The van der Waals surface area contributed by atoms with Crippen molar-refractivity contribution in [2.24, 2.45) is 5.92 Å². The average Bonchev–Trinajstić information content (AvgIpc) is 3.04. The van der Waals surface area contributed by atoms with Gasteiger partial charge in [-0.2, -0.15) is 0 Å². The van der Waals surface area contributed by atoms with Crippen molar-refractivity contribution >= 4 is 29.3 Å². The number of H-pyrrole nitrogens is 1. The zero-order valence-corrected chi connectivity index (χ0v) is 14.2. The predicted octanol–water partition coefficient (Wildman–Crippen LogP) is 0.989. The number of aromatic amines is 1. The number of aromatic nitrogens is 3. The Labute approximate surface area is 141 Å². The Morgan fingerprint density at radius 1 is 1.50 bits per heavy atom. The second-order valence-electron chi connectivity index (χ2n) is 5.84. The Morgan fingerprint density at radius 2 is 2.29 bits per heavy atom. The molecule has 3 rings (SSSR count). The molecule has 3 heterocycles. The molecule has 1 aliphatic heterocycles. The lowest BCUT2D eigenvalue weighted by atomic mass is 9.94. The standard InChI is InChI=1S/C9H16N2O2.C7H8N4/c1-7-5-11(8(2)13)4-3-9(7)10-6-12;1-8-6-4-10-7-5(11-6)2-3-9-7/h6-7,9H,3-5H2,1-2H3,(H,10,12);2-4H,1H3,(H,8,11)(H,9,10). The fraction of sp³-hybridized carbons (Fsp3) is 0.500. The minimum Gasteiger partial charge on any atom is -0.372 e. The third kappa shape index (κ3) is 4.43. The van der Waals surface area contributed by atoms with Crippen LogP contribution in [-0.4, -0.2) is 58.3 Å². The Hall–Kier alpha value is -2.64. The van der Waals surface area contributed by atoms with Crippen LogP contribution >= 0.6 is 0 Å². The molecule has 2 aromatic rings. The van der Waals surface area contributed by atoms with E-state index in [1.807, 2.05) is 24.2 Å². The van der Waals surface area contributed by atoms with E-state index in [4.69, 9.17) is 0 Å². The highest BCUT2D eigenvalue weighted by molar-refractivity contribution is 5.73. The molecule has 0 radical (unpaired) electrons. The lowest BCUT2D eigenvalue weighted by Gasteiger charge is -2.36. The van der Waals surface area contributed by atoms with Crippen molar-refractivity contribution in [1.29, 1.82) is 0 Å². The summed E-state index contributed by atoms with van der Waals surface area (Å²) in [5, 5.41) is 5.70. The van der Waals surface area contributed by atoms with Crippen LogP contribution in [0.25, 0.3) is 11.2 Å². The summed E-state index contributed by atoms with van der Waals surface area (Å²) in [6.07, 6.45) is 5.12. The number of fused-ring (bicyclic) bond motifs is 1. The minimum atomic E-state index is 0.122. The number of likely N-dealkylation sites (tertiary alicyclic amines) is 1. The Bertz CT molecular complexity index is 686. The van der Waals surface area contributed by atoms with Gasteiger partial charge in [0.05, 0.1) is 6.20 Å². The second-order valence-corrected chi connectivity index (χ2v) is 5.84. The van der Waals surface area contributed by atoms with Crippen LogP contribution in [0.1, 0.15) is 20.3 Å². The summed E-state index contributed by atoms with van der Waals surface area (Å²) in [7, 11) is 1.82. The van der Waals surface area contributed by atoms with Gasteiger partial charge in [0.1, 0.15) is 11.3 Å². The van der Waals surface area contributed by atoms with E-state index in [2.05, 4.69) is 32.5 Å². The topological polar surface area (TPSA) is 103 Å². The van der Waals surface area contributed by atoms with Gasteiger partial charge in [0.2, 0.25) is 12.3 Å². The van der Waals surface area contributed by atoms with Crippen LogP contribution in [0.15, 0.2) is 18.5 Å². The van der Waals surface area contributed by atoms with E-state index in [1.54, 1.807) is 13.1 Å². The van der Waals surface area contributed by atoms with Gasteiger partial charge in [0.25, 0.3) is 0 Å². The summed E-state index contributed by atoms with van der Waals surface area (Å²) >= 11 is 0. The molecule has 8 heteroatoms. The van der Waals surface area contributed by atoms with Gasteiger partial charge >= 0.3 is 0 Å². The number of nitrogens with one attached hydrogen (secondary N) is 3. The van der Waals surface area contributed by atoms with Crippen LogP contribution in [-0.2, 0) is 9.59 Å². The summed E-state index contributed by atoms with van der Waals surface area (Å²) in [6.45, 7) is 5.14. The molecule has 0 aliphatic carbocycles. The van der Waals surface area contributed by atoms with Crippen LogP contribution in [0.5, 0.6) is 0 Å². The number of anilines is 1. The number of rotatable bonds is 3. The summed E-state index contributed by atoms with van der Waals surface area (Å²) in [6, 6.07) is 2.12. The van der Waals surface area contributed by atoms with Crippen molar-refractivity contribution in [3.63, 3.8) is 0 Å². The number of hydrogen-bond donors (Lipinski definition) is 3. The molecule has 2 unspecified atom stereocenters. The summed E-state index contributed by atoms with van der Waals surface area (Å²) in [5.41, 5.74) is 1.71. The minimum absolute atomic E-state index is 0.122. The zero-order valence-electron chi connectivity index (χ0n) is 14.2. The molecular weight excluding hydrogens is 308 g/mol. The molecule has 0 spiro atoms. The molecule has 2 atom stereocenters. The quantitative estimate of drug-likeness (QED) is 0.727. The maximum Gasteiger partial charge on any atom is 0.219 e. The highest BCUT2D eigenvalue weighted by Gasteiger charge is 2.26. The van der Waals surface area contributed by atoms with Crippen LogP contribution in [0.3, 0.4) is 0 Å². The fourth-order valence-electron chi connectivity index (χ4n) is 2.72. The van der Waals surface area contributed by atoms with Crippen LogP contribution in [0.4, 0.5) is 5.82 Å². The molecule has 1 fully saturated rings. The van der Waals surface area contributed by atoms with Gasteiger partial charge < -0.3 is 20.5 Å². The first-order valence-electron chi connectivity index (χ1n) is 7.98. The van der Waals surface area contributed by atoms with E-state index in [0.29, 0.717) is 5.92 Å². The molecule has 0 bridgehead atoms. The first kappa shape index (κ1) is 17.7. The molecule has 8 nitrogen and oxygen atoms in total. The number of hydrogen-bond acceptors (Lipinski definition) is 5. The van der Waals surface area contributed by atoms with Gasteiger partial charge in [-0.3, -0.25) is 9.59 Å². The molecule has 0 aromatic carbocycles. The number of piperidine rings is 1. The van der Waals surface area contributed by atoms with E-state index in [0.717, 1.165) is 42.9 Å². The van der Waals surface area contributed by atoms with Gasteiger partial charge in [0, 0.05) is 39.3 Å². The molecule has 1 saturated heterocycles. The fourth-order valence-corrected chi connectivity index (χ4v) is 2.72. The second kappa shape index (κ2) is 8.28. The highest BCUT2D eigenvalue weighted by atomic mass is 16.2. The van der Waals surface area contributed by atoms with Gasteiger partial charge in [0.15, 0.2) is 5.65 Å². The predicted molar refractivity (Wildman–Crippen MR) is 92.5 cm³/mol. The van der Waals surface area contributed by atoms with Crippen molar-refractivity contribution < 1.29 is 9.59 Å². The van der Waals surface area contributed by atoms with E-state index >= 15 is 0 Å². The van der Waals surface area contributed by atoms with Gasteiger partial charge in [-0.1, -0.05) is 6.92 Å². The van der Waals surface area contributed by atoms with Crippen molar-refractivity contribution in [1.82, 2.24) is 25.2 Å². The van der Waals surface area contributed by atoms with Crippen LogP contribution in [0.2, 0.25) is 0 Å². The maximum atomic E-state index is 11.0. The molecule has 3 N–H and O–H groups in total. The number of nitrogens with zero attached hydrogens (tertiary/aromatic N) is 3. The van der Waals surface area contributed by atoms with E-state index in [-0.39, 0.29) is 11.9 Å². The molecular formula is C16H24N6O2. The summed E-state index contributed by atoms with van der Waals surface area (Å²) in [4.78, 5) is 34.5. The van der Waals surface area contributed by atoms with Gasteiger partial charge in [-0.05, 0) is 18.4 Å². The van der Waals surface area contributed by atoms with Crippen molar-refractivity contribution in [2.75, 3.05) is 25.5 Å². The number of carbonyl (C=O) groups excluding carboxylic acids is 2. The average molecular weight is 332 g/mol. The van der Waals surface area contributed by atoms with E-state index in [1.165, 1.54) is 0 Å². The smallest absolute Gasteiger partial charge is 0.219 e. The van der Waals surface area contributed by atoms with Gasteiger partial charge in [-0.25, -0.2) is 9.97 Å². The molecule has 130 valence electrons. The summed E-state index contributed by atoms with van der Waals surface area (Å²) < 4.78 is 0. The van der Waals surface area contributed by atoms with E-state index in [9.17, 15) is 9.59 Å². The van der Waals surface area contributed by atoms with Crippen molar-refractivity contribution in [3.05, 3.63) is 18.5 Å². The normalized spacial score (nSPS) is 20.0. The summed E-state index contributed by atoms with van der Waals surface area (Å²) in [5.74, 6) is 1.26. The molecule has 2 amide bonds. The SMILES string of the molecule is CC(=O)N1CCC(NC=O)C(C)C1.CNc1cnc2[nH]ccc2n1. The number of amides is 2. The highest BCUT2D eigenvalue weighted by Crippen LogP contribution is 2.16.